The molecule has 0 aliphatic heterocycles. The summed E-state index contributed by atoms with van der Waals surface area (Å²) < 4.78 is 16.9. The molecule has 0 aliphatic rings. The van der Waals surface area contributed by atoms with E-state index in [0.29, 0.717) is 19.3 Å². The molecule has 422 valence electrons. The molecule has 0 radical (unpaired) electrons. The van der Waals surface area contributed by atoms with Crippen LogP contribution in [0.4, 0.5) is 0 Å². The first-order valence-electron chi connectivity index (χ1n) is 30.9. The molecule has 0 bridgehead atoms. The first-order chi connectivity index (χ1) is 36.5. The Balaban J connectivity index is 4.27. The Kier molecular flexibility index (Phi) is 58.3. The molecular formula is C68H114O6. The Morgan fingerprint density at radius 1 is 0.284 bits per heavy atom. The minimum Gasteiger partial charge on any atom is -0.462 e. The van der Waals surface area contributed by atoms with E-state index in [1.54, 1.807) is 0 Å². The molecule has 0 amide bonds. The fourth-order valence-electron chi connectivity index (χ4n) is 8.43. The van der Waals surface area contributed by atoms with Crippen molar-refractivity contribution in [1.29, 1.82) is 0 Å². The third-order valence-electron chi connectivity index (χ3n) is 13.0. The average Bonchev–Trinajstić information content (AvgIpc) is 3.40. The van der Waals surface area contributed by atoms with Gasteiger partial charge in [0.15, 0.2) is 6.10 Å². The predicted octanol–water partition coefficient (Wildman–Crippen LogP) is 21.0. The number of ether oxygens (including phenoxy) is 3. The molecule has 0 saturated heterocycles. The molecule has 1 atom stereocenters. The van der Waals surface area contributed by atoms with E-state index in [1.165, 1.54) is 109 Å². The summed E-state index contributed by atoms with van der Waals surface area (Å²) in [6.07, 6.45) is 83.8. The molecule has 0 aromatic rings. The van der Waals surface area contributed by atoms with Crippen LogP contribution in [-0.4, -0.2) is 37.2 Å². The number of hydrogen-bond donors (Lipinski definition) is 0. The molecule has 0 aromatic carbocycles. The third-order valence-corrected chi connectivity index (χ3v) is 13.0. The standard InChI is InChI=1S/C68H114O6/c1-4-7-10-13-16-19-22-24-26-28-30-32-33-34-35-37-38-40-42-44-46-49-52-55-58-61-67(70)73-64-65(63-72-66(69)60-57-54-51-48-21-18-15-12-9-6-3)74-68(71)62-59-56-53-50-47-45-43-41-39-36-31-29-27-25-23-20-17-14-11-8-5-2/h7-8,10-12,15-17,19-20,24-27,30-32,36,65H,4-6,9,13-14,18,21-23,28-29,33-35,37-64H2,1-3H3/b10-7-,11-8-,15-12-,19-16-,20-17-,26-24-,27-25-,32-30-,36-31-. The zero-order valence-corrected chi connectivity index (χ0v) is 48.3. The molecular weight excluding hydrogens is 913 g/mol. The monoisotopic (exact) mass is 1030 g/mol. The lowest BCUT2D eigenvalue weighted by atomic mass is 10.0. The Hall–Kier alpha value is -3.93. The van der Waals surface area contributed by atoms with Crippen molar-refractivity contribution in [1.82, 2.24) is 0 Å². The minimum absolute atomic E-state index is 0.0852. The average molecular weight is 1030 g/mol. The maximum Gasteiger partial charge on any atom is 0.306 e. The van der Waals surface area contributed by atoms with E-state index in [2.05, 4.69) is 130 Å². The number of esters is 3. The molecule has 74 heavy (non-hydrogen) atoms. The van der Waals surface area contributed by atoms with Gasteiger partial charge in [-0.15, -0.1) is 0 Å². The van der Waals surface area contributed by atoms with E-state index in [0.717, 1.165) is 135 Å². The molecule has 0 aliphatic carbocycles. The van der Waals surface area contributed by atoms with Crippen molar-refractivity contribution in [2.24, 2.45) is 0 Å². The predicted molar refractivity (Wildman–Crippen MR) is 320 cm³/mol. The number of hydrogen-bond acceptors (Lipinski definition) is 6. The van der Waals surface area contributed by atoms with Crippen LogP contribution in [0.3, 0.4) is 0 Å². The zero-order valence-electron chi connectivity index (χ0n) is 48.3. The highest BCUT2D eigenvalue weighted by Crippen LogP contribution is 2.16. The van der Waals surface area contributed by atoms with Gasteiger partial charge in [0.05, 0.1) is 0 Å². The van der Waals surface area contributed by atoms with Gasteiger partial charge < -0.3 is 14.2 Å². The molecule has 0 N–H and O–H groups in total. The van der Waals surface area contributed by atoms with E-state index in [4.69, 9.17) is 14.2 Å². The first kappa shape index (κ1) is 70.1. The summed E-state index contributed by atoms with van der Waals surface area (Å²) in [6.45, 7) is 6.35. The molecule has 6 nitrogen and oxygen atoms in total. The Morgan fingerprint density at radius 3 is 0.838 bits per heavy atom. The summed E-state index contributed by atoms with van der Waals surface area (Å²) in [7, 11) is 0. The second kappa shape index (κ2) is 61.6. The number of carbonyl (C=O) groups is 3. The number of unbranched alkanes of at least 4 members (excludes halogenated alkanes) is 26. The number of allylic oxidation sites excluding steroid dienone is 18. The van der Waals surface area contributed by atoms with Crippen LogP contribution in [0.15, 0.2) is 109 Å². The van der Waals surface area contributed by atoms with Crippen LogP contribution < -0.4 is 0 Å². The highest BCUT2D eigenvalue weighted by atomic mass is 16.6. The van der Waals surface area contributed by atoms with Crippen molar-refractivity contribution in [2.45, 2.75) is 290 Å². The SMILES string of the molecule is CC/C=C\C/C=C\C/C=C\C/C=C\CCCCCCCCCCCCCCC(=O)OCC(COC(=O)CCCCCCC/C=C\CCC)OC(=O)CCCCCCCCCC/C=C\C/C=C\C/C=C\C/C=C\CC. The normalized spacial score (nSPS) is 12.9. The molecule has 1 unspecified atom stereocenters. The van der Waals surface area contributed by atoms with E-state index in [-0.39, 0.29) is 31.1 Å². The van der Waals surface area contributed by atoms with E-state index in [1.807, 2.05) is 0 Å². The highest BCUT2D eigenvalue weighted by Gasteiger charge is 2.19. The largest absolute Gasteiger partial charge is 0.462 e. The quantitative estimate of drug-likeness (QED) is 0.0261. The van der Waals surface area contributed by atoms with E-state index < -0.39 is 6.10 Å². The summed E-state index contributed by atoms with van der Waals surface area (Å²) in [5, 5.41) is 0. The second-order valence-electron chi connectivity index (χ2n) is 20.2. The third kappa shape index (κ3) is 59.0. The van der Waals surface area contributed by atoms with Crippen LogP contribution in [0.2, 0.25) is 0 Å². The molecule has 0 saturated carbocycles. The van der Waals surface area contributed by atoms with Gasteiger partial charge in [0, 0.05) is 19.3 Å². The van der Waals surface area contributed by atoms with Crippen LogP contribution in [0.25, 0.3) is 0 Å². The van der Waals surface area contributed by atoms with Gasteiger partial charge in [-0.3, -0.25) is 14.4 Å². The molecule has 0 fully saturated rings. The van der Waals surface area contributed by atoms with E-state index >= 15 is 0 Å². The number of rotatable bonds is 55. The van der Waals surface area contributed by atoms with Crippen molar-refractivity contribution < 1.29 is 28.6 Å². The van der Waals surface area contributed by atoms with Crippen LogP contribution >= 0.6 is 0 Å². The van der Waals surface area contributed by atoms with Gasteiger partial charge in [-0.05, 0) is 116 Å². The smallest absolute Gasteiger partial charge is 0.306 e. The summed E-state index contributed by atoms with van der Waals surface area (Å²) in [5.74, 6) is -0.902. The fraction of sp³-hybridized carbons (Fsp3) is 0.691. The Bertz CT molecular complexity index is 1510. The van der Waals surface area contributed by atoms with Crippen LogP contribution in [-0.2, 0) is 28.6 Å². The van der Waals surface area contributed by atoms with Crippen molar-refractivity contribution in [2.75, 3.05) is 13.2 Å². The van der Waals surface area contributed by atoms with E-state index in [9.17, 15) is 14.4 Å². The molecule has 6 heteroatoms. The van der Waals surface area contributed by atoms with Gasteiger partial charge in [-0.1, -0.05) is 259 Å². The molecule has 0 spiro atoms. The summed E-state index contributed by atoms with van der Waals surface area (Å²) in [6, 6.07) is 0. The summed E-state index contributed by atoms with van der Waals surface area (Å²) in [5.41, 5.74) is 0. The van der Waals surface area contributed by atoms with Crippen LogP contribution in [0.1, 0.15) is 284 Å². The van der Waals surface area contributed by atoms with Crippen LogP contribution in [0.5, 0.6) is 0 Å². The maximum absolute atomic E-state index is 12.9. The maximum atomic E-state index is 12.9. The van der Waals surface area contributed by atoms with Crippen molar-refractivity contribution in [3.05, 3.63) is 109 Å². The van der Waals surface area contributed by atoms with Crippen LogP contribution in [0, 0.1) is 0 Å². The van der Waals surface area contributed by atoms with Crippen molar-refractivity contribution in [3.63, 3.8) is 0 Å². The fourth-order valence-corrected chi connectivity index (χ4v) is 8.43. The molecule has 0 rings (SSSR count). The van der Waals surface area contributed by atoms with Crippen molar-refractivity contribution in [3.8, 4) is 0 Å². The Morgan fingerprint density at radius 2 is 0.527 bits per heavy atom. The van der Waals surface area contributed by atoms with Gasteiger partial charge in [0.2, 0.25) is 0 Å². The summed E-state index contributed by atoms with van der Waals surface area (Å²) in [4.78, 5) is 38.2. The topological polar surface area (TPSA) is 78.9 Å². The van der Waals surface area contributed by atoms with Gasteiger partial charge in [-0.25, -0.2) is 0 Å². The zero-order chi connectivity index (χ0) is 53.6. The summed E-state index contributed by atoms with van der Waals surface area (Å²) >= 11 is 0. The van der Waals surface area contributed by atoms with Gasteiger partial charge in [0.25, 0.3) is 0 Å². The van der Waals surface area contributed by atoms with Crippen molar-refractivity contribution >= 4 is 17.9 Å². The van der Waals surface area contributed by atoms with Gasteiger partial charge in [0.1, 0.15) is 13.2 Å². The Labute approximate surface area is 457 Å². The molecule has 0 heterocycles. The lowest BCUT2D eigenvalue weighted by Gasteiger charge is -2.18. The lowest BCUT2D eigenvalue weighted by molar-refractivity contribution is -0.167. The van der Waals surface area contributed by atoms with Gasteiger partial charge >= 0.3 is 17.9 Å². The first-order valence-corrected chi connectivity index (χ1v) is 30.9. The molecule has 0 aromatic heterocycles. The lowest BCUT2D eigenvalue weighted by Crippen LogP contribution is -2.30. The minimum atomic E-state index is -0.788. The highest BCUT2D eigenvalue weighted by molar-refractivity contribution is 5.71. The second-order valence-corrected chi connectivity index (χ2v) is 20.2. The number of carbonyl (C=O) groups excluding carboxylic acids is 3. The van der Waals surface area contributed by atoms with Gasteiger partial charge in [-0.2, -0.15) is 0 Å².